The van der Waals surface area contributed by atoms with Crippen LogP contribution in [0.4, 0.5) is 5.69 Å². The number of carbonyl (C=O) groups excluding carboxylic acids is 4. The van der Waals surface area contributed by atoms with Crippen molar-refractivity contribution in [2.24, 2.45) is 5.41 Å². The number of hydrogen-bond acceptors (Lipinski definition) is 6. The summed E-state index contributed by atoms with van der Waals surface area (Å²) in [5.41, 5.74) is 1.05. The third-order valence-corrected chi connectivity index (χ3v) is 8.74. The number of carboxylic acids is 2. The number of carboxylic acid groups (broad SMARTS) is 2. The minimum atomic E-state index is -1.19. The Bertz CT molecular complexity index is 1420. The van der Waals surface area contributed by atoms with Crippen LogP contribution in [0.3, 0.4) is 0 Å². The molecule has 2 aromatic rings. The van der Waals surface area contributed by atoms with Crippen molar-refractivity contribution >= 4 is 41.3 Å². The average Bonchev–Trinajstić information content (AvgIpc) is 3.59. The van der Waals surface area contributed by atoms with Gasteiger partial charge < -0.3 is 25.7 Å². The van der Waals surface area contributed by atoms with Crippen LogP contribution < -0.4 is 15.5 Å². The van der Waals surface area contributed by atoms with Gasteiger partial charge in [0.2, 0.25) is 17.7 Å². The van der Waals surface area contributed by atoms with Gasteiger partial charge in [-0.15, -0.1) is 0 Å². The predicted molar refractivity (Wildman–Crippen MR) is 164 cm³/mol. The van der Waals surface area contributed by atoms with Crippen LogP contribution >= 0.6 is 0 Å². The van der Waals surface area contributed by atoms with E-state index in [2.05, 4.69) is 10.6 Å². The lowest BCUT2D eigenvalue weighted by Gasteiger charge is -2.31. The van der Waals surface area contributed by atoms with Crippen LogP contribution in [0.15, 0.2) is 54.6 Å². The molecule has 4 N–H and O–H groups in total. The van der Waals surface area contributed by atoms with E-state index in [0.717, 1.165) is 12.8 Å². The second kappa shape index (κ2) is 14.4. The fourth-order valence-corrected chi connectivity index (χ4v) is 6.34. The molecule has 1 heterocycles. The van der Waals surface area contributed by atoms with Gasteiger partial charge in [-0.25, -0.2) is 4.79 Å². The lowest BCUT2D eigenvalue weighted by molar-refractivity contribution is -0.144. The molecule has 0 aromatic heterocycles. The number of hydrogen-bond donors (Lipinski definition) is 4. The van der Waals surface area contributed by atoms with Gasteiger partial charge in [0.15, 0.2) is 0 Å². The van der Waals surface area contributed by atoms with E-state index >= 15 is 0 Å². The molecule has 0 radical (unpaired) electrons. The van der Waals surface area contributed by atoms with E-state index in [1.54, 1.807) is 55.5 Å². The molecule has 12 nitrogen and oxygen atoms in total. The van der Waals surface area contributed by atoms with Crippen molar-refractivity contribution in [3.8, 4) is 0 Å². The highest BCUT2D eigenvalue weighted by Crippen LogP contribution is 2.42. The van der Waals surface area contributed by atoms with E-state index in [9.17, 15) is 33.9 Å². The maximum absolute atomic E-state index is 13.6. The molecule has 12 heteroatoms. The van der Waals surface area contributed by atoms with Gasteiger partial charge in [0, 0.05) is 32.0 Å². The third-order valence-electron chi connectivity index (χ3n) is 8.74. The first-order valence-corrected chi connectivity index (χ1v) is 15.2. The van der Waals surface area contributed by atoms with Crippen LogP contribution in [0.5, 0.6) is 0 Å². The molecular weight excluding hydrogens is 580 g/mol. The highest BCUT2D eigenvalue weighted by Gasteiger charge is 2.47. The van der Waals surface area contributed by atoms with Crippen molar-refractivity contribution in [2.75, 3.05) is 11.4 Å². The first kappa shape index (κ1) is 33.2. The average molecular weight is 621 g/mol. The molecule has 2 fully saturated rings. The van der Waals surface area contributed by atoms with Crippen LogP contribution in [0.25, 0.3) is 0 Å². The minimum Gasteiger partial charge on any atom is -0.481 e. The van der Waals surface area contributed by atoms with Crippen LogP contribution in [0.1, 0.15) is 76.1 Å². The minimum absolute atomic E-state index is 0.00932. The SMILES string of the molecule is CC(=O)NCCC1(C(=O)NC(Cc2ccc(N3C(=O)[C@@H](C)N(C(=O)CCC(=O)O)C3c3ccccc3)cc2)C(=O)O)CCCC1. The van der Waals surface area contributed by atoms with Gasteiger partial charge >= 0.3 is 11.9 Å². The fraction of sp³-hybridized carbons (Fsp3) is 0.455. The van der Waals surface area contributed by atoms with E-state index in [1.807, 2.05) is 6.07 Å². The zero-order valence-electron chi connectivity index (χ0n) is 25.5. The molecule has 1 aliphatic heterocycles. The number of amides is 4. The van der Waals surface area contributed by atoms with Crippen molar-refractivity contribution in [3.05, 3.63) is 65.7 Å². The molecule has 240 valence electrons. The summed E-state index contributed by atoms with van der Waals surface area (Å²) in [6.07, 6.45) is 1.99. The fourth-order valence-electron chi connectivity index (χ4n) is 6.34. The molecule has 3 atom stereocenters. The second-order valence-electron chi connectivity index (χ2n) is 11.8. The van der Waals surface area contributed by atoms with E-state index < -0.39 is 41.5 Å². The largest absolute Gasteiger partial charge is 0.481 e. The number of carbonyl (C=O) groups is 6. The zero-order chi connectivity index (χ0) is 32.7. The zero-order valence-corrected chi connectivity index (χ0v) is 25.5. The van der Waals surface area contributed by atoms with Crippen molar-refractivity contribution in [1.82, 2.24) is 15.5 Å². The Kier molecular flexibility index (Phi) is 10.6. The Morgan fingerprint density at radius 3 is 2.18 bits per heavy atom. The van der Waals surface area contributed by atoms with Crippen molar-refractivity contribution < 1.29 is 39.0 Å². The third kappa shape index (κ3) is 7.68. The summed E-state index contributed by atoms with van der Waals surface area (Å²) in [6, 6.07) is 13.7. The summed E-state index contributed by atoms with van der Waals surface area (Å²) in [7, 11) is 0. The molecule has 1 aliphatic carbocycles. The van der Waals surface area contributed by atoms with Gasteiger partial charge in [0.25, 0.3) is 5.91 Å². The molecule has 1 saturated heterocycles. The van der Waals surface area contributed by atoms with Crippen molar-refractivity contribution in [2.45, 2.75) is 83.5 Å². The topological polar surface area (TPSA) is 173 Å². The lowest BCUT2D eigenvalue weighted by Crippen LogP contribution is -2.49. The van der Waals surface area contributed by atoms with Crippen LogP contribution in [-0.4, -0.2) is 69.3 Å². The molecule has 0 bridgehead atoms. The summed E-state index contributed by atoms with van der Waals surface area (Å²) in [4.78, 5) is 77.7. The highest BCUT2D eigenvalue weighted by molar-refractivity contribution is 6.03. The van der Waals surface area contributed by atoms with Gasteiger partial charge in [-0.1, -0.05) is 55.3 Å². The Hall–Kier alpha value is -4.74. The first-order valence-electron chi connectivity index (χ1n) is 15.2. The number of anilines is 1. The summed E-state index contributed by atoms with van der Waals surface area (Å²) < 4.78 is 0. The Labute approximate surface area is 261 Å². The van der Waals surface area contributed by atoms with Crippen LogP contribution in [0.2, 0.25) is 0 Å². The summed E-state index contributed by atoms with van der Waals surface area (Å²) in [5, 5.41) is 24.5. The van der Waals surface area contributed by atoms with Crippen molar-refractivity contribution in [3.63, 3.8) is 0 Å². The number of aliphatic carboxylic acids is 2. The maximum atomic E-state index is 13.6. The van der Waals surface area contributed by atoms with E-state index in [0.29, 0.717) is 42.6 Å². The number of benzene rings is 2. The Balaban J connectivity index is 1.53. The Morgan fingerprint density at radius 2 is 1.60 bits per heavy atom. The number of rotatable bonds is 13. The van der Waals surface area contributed by atoms with Crippen LogP contribution in [0, 0.1) is 5.41 Å². The normalized spacial score (nSPS) is 19.6. The Morgan fingerprint density at radius 1 is 0.956 bits per heavy atom. The maximum Gasteiger partial charge on any atom is 0.326 e. The quantitative estimate of drug-likeness (QED) is 0.264. The molecule has 1 saturated carbocycles. The highest BCUT2D eigenvalue weighted by atomic mass is 16.4. The molecular formula is C33H40N4O8. The van der Waals surface area contributed by atoms with E-state index in [4.69, 9.17) is 5.11 Å². The van der Waals surface area contributed by atoms with Gasteiger partial charge in [-0.2, -0.15) is 0 Å². The molecule has 45 heavy (non-hydrogen) atoms. The standard InChI is InChI=1S/C33H40N4O8/c1-21-30(42)37(29(24-8-4-3-5-9-24)36(21)27(39)14-15-28(40)41)25-12-10-23(11-13-25)20-26(31(43)44)35-32(45)33(16-6-7-17-33)18-19-34-22(2)38/h3-5,8-13,21,26,29H,6-7,14-20H2,1-2H3,(H,34,38)(H,35,45)(H,40,41)(H,43,44)/t21-,26?,29?/m1/s1. The lowest BCUT2D eigenvalue weighted by atomic mass is 9.81. The monoisotopic (exact) mass is 620 g/mol. The first-order chi connectivity index (χ1) is 21.4. The predicted octanol–water partition coefficient (Wildman–Crippen LogP) is 3.01. The second-order valence-corrected chi connectivity index (χ2v) is 11.8. The van der Waals surface area contributed by atoms with E-state index in [-0.39, 0.29) is 37.0 Å². The van der Waals surface area contributed by atoms with Gasteiger partial charge in [0.05, 0.1) is 11.8 Å². The van der Waals surface area contributed by atoms with Gasteiger partial charge in [0.1, 0.15) is 18.2 Å². The molecule has 4 rings (SSSR count). The summed E-state index contributed by atoms with van der Waals surface area (Å²) >= 11 is 0. The molecule has 2 aliphatic rings. The molecule has 2 aromatic carbocycles. The van der Waals surface area contributed by atoms with Gasteiger partial charge in [-0.3, -0.25) is 28.9 Å². The van der Waals surface area contributed by atoms with E-state index in [1.165, 1.54) is 16.7 Å². The number of nitrogens with one attached hydrogen (secondary N) is 2. The summed E-state index contributed by atoms with van der Waals surface area (Å²) in [5.74, 6) is -3.59. The molecule has 2 unspecified atom stereocenters. The summed E-state index contributed by atoms with van der Waals surface area (Å²) in [6.45, 7) is 3.36. The van der Waals surface area contributed by atoms with Gasteiger partial charge in [-0.05, 0) is 49.4 Å². The van der Waals surface area contributed by atoms with Crippen molar-refractivity contribution in [1.29, 1.82) is 0 Å². The smallest absolute Gasteiger partial charge is 0.326 e. The van der Waals surface area contributed by atoms with Crippen LogP contribution in [-0.2, 0) is 35.2 Å². The molecule has 0 spiro atoms. The molecule has 4 amide bonds. The number of nitrogens with zero attached hydrogens (tertiary/aromatic N) is 2.